The molecule has 3 heterocycles. The summed E-state index contributed by atoms with van der Waals surface area (Å²) in [5.74, 6) is -6.03. The van der Waals surface area contributed by atoms with Crippen LogP contribution in [0.15, 0.2) is 91.4 Å². The van der Waals surface area contributed by atoms with Crippen LogP contribution in [0.3, 0.4) is 0 Å². The second-order valence-corrected chi connectivity index (χ2v) is 11.0. The van der Waals surface area contributed by atoms with Crippen LogP contribution in [-0.2, 0) is 18.1 Å². The summed E-state index contributed by atoms with van der Waals surface area (Å²) < 4.78 is 61.3. The SMILES string of the molecule is N#Cc1ccc(C2CCN(c3ccc(-c4ccc(C(F)(F)C(O)(Cn5cnnn5)c5ccc(F)cc5F)nc4)cc3)CC2)cc1. The first-order chi connectivity index (χ1) is 21.7. The van der Waals surface area contributed by atoms with Gasteiger partial charge in [0.2, 0.25) is 0 Å². The number of hydrogen-bond acceptors (Lipinski definition) is 7. The molecule has 0 radical (unpaired) electrons. The number of tetrazole rings is 1. The van der Waals surface area contributed by atoms with Gasteiger partial charge in [-0.3, -0.25) is 4.98 Å². The molecule has 0 saturated carbocycles. The lowest BCUT2D eigenvalue weighted by molar-refractivity contribution is -0.207. The van der Waals surface area contributed by atoms with Gasteiger partial charge in [0.25, 0.3) is 0 Å². The van der Waals surface area contributed by atoms with Gasteiger partial charge in [-0.05, 0) is 82.8 Å². The van der Waals surface area contributed by atoms with Crippen LogP contribution in [0.1, 0.15) is 41.1 Å². The molecule has 0 bridgehead atoms. The molecule has 228 valence electrons. The van der Waals surface area contributed by atoms with E-state index in [1.165, 1.54) is 17.8 Å². The molecule has 1 fully saturated rings. The molecule has 8 nitrogen and oxygen atoms in total. The van der Waals surface area contributed by atoms with E-state index < -0.39 is 41.0 Å². The largest absolute Gasteiger partial charge is 0.377 e. The Bertz CT molecular complexity index is 1800. The van der Waals surface area contributed by atoms with Gasteiger partial charge in [-0.2, -0.15) is 14.0 Å². The number of aliphatic hydroxyl groups is 1. The van der Waals surface area contributed by atoms with Gasteiger partial charge >= 0.3 is 5.92 Å². The highest BCUT2D eigenvalue weighted by Gasteiger charge is 2.58. The number of rotatable bonds is 8. The Balaban J connectivity index is 1.18. The van der Waals surface area contributed by atoms with E-state index in [-0.39, 0.29) is 0 Å². The molecule has 1 atom stereocenters. The minimum absolute atomic E-state index is 0.424. The first kappa shape index (κ1) is 29.9. The number of halogens is 4. The first-order valence-electron chi connectivity index (χ1n) is 14.3. The molecule has 12 heteroatoms. The third-order valence-corrected chi connectivity index (χ3v) is 8.34. The number of aromatic nitrogens is 5. The van der Waals surface area contributed by atoms with Crippen molar-refractivity contribution in [1.29, 1.82) is 5.26 Å². The number of pyridine rings is 1. The van der Waals surface area contributed by atoms with Crippen molar-refractivity contribution in [3.05, 3.63) is 125 Å². The first-order valence-corrected chi connectivity index (χ1v) is 14.3. The van der Waals surface area contributed by atoms with Crippen molar-refractivity contribution in [3.8, 4) is 17.2 Å². The summed E-state index contributed by atoms with van der Waals surface area (Å²) >= 11 is 0. The van der Waals surface area contributed by atoms with Crippen LogP contribution in [0.5, 0.6) is 0 Å². The summed E-state index contributed by atoms with van der Waals surface area (Å²) in [5.41, 5.74) is -0.593. The number of anilines is 1. The number of hydrogen-bond donors (Lipinski definition) is 1. The Morgan fingerprint density at radius 1 is 0.911 bits per heavy atom. The van der Waals surface area contributed by atoms with E-state index >= 15 is 8.78 Å². The van der Waals surface area contributed by atoms with E-state index in [9.17, 15) is 13.9 Å². The minimum Gasteiger partial charge on any atom is -0.377 e. The number of nitriles is 1. The zero-order valence-electron chi connectivity index (χ0n) is 23.9. The smallest absolute Gasteiger partial charge is 0.323 e. The highest BCUT2D eigenvalue weighted by atomic mass is 19.3. The Morgan fingerprint density at radius 2 is 1.62 bits per heavy atom. The molecule has 6 rings (SSSR count). The fourth-order valence-corrected chi connectivity index (χ4v) is 5.79. The average molecular weight is 614 g/mol. The molecule has 5 aromatic rings. The van der Waals surface area contributed by atoms with Crippen molar-refractivity contribution in [1.82, 2.24) is 25.2 Å². The van der Waals surface area contributed by atoms with Crippen molar-refractivity contribution in [2.75, 3.05) is 18.0 Å². The number of benzene rings is 3. The summed E-state index contributed by atoms with van der Waals surface area (Å²) in [6, 6.07) is 22.1. The highest BCUT2D eigenvalue weighted by molar-refractivity contribution is 5.66. The molecule has 1 aliphatic heterocycles. The Morgan fingerprint density at radius 3 is 2.22 bits per heavy atom. The summed E-state index contributed by atoms with van der Waals surface area (Å²) in [6.07, 6.45) is 4.23. The van der Waals surface area contributed by atoms with E-state index in [2.05, 4.69) is 31.5 Å². The second kappa shape index (κ2) is 12.1. The highest BCUT2D eigenvalue weighted by Crippen LogP contribution is 2.47. The quantitative estimate of drug-likeness (QED) is 0.216. The summed E-state index contributed by atoms with van der Waals surface area (Å²) in [5, 5.41) is 30.7. The fourth-order valence-electron chi connectivity index (χ4n) is 5.79. The maximum Gasteiger partial charge on any atom is 0.323 e. The van der Waals surface area contributed by atoms with Crippen molar-refractivity contribution < 1.29 is 22.7 Å². The molecule has 1 aliphatic rings. The standard InChI is InChI=1S/C33H27F4N7O/c34-27-8-11-29(30(35)17-27)32(45,20-44-21-40-41-42-44)33(36,37)31-12-7-26(19-39-31)24-5-9-28(10-6-24)43-15-13-25(14-16-43)23-3-1-22(18-38)2-4-23/h1-12,17,19,21,25,45H,13-16,20H2. The minimum atomic E-state index is -4.14. The van der Waals surface area contributed by atoms with Crippen molar-refractivity contribution in [2.24, 2.45) is 0 Å². The third kappa shape index (κ3) is 5.86. The van der Waals surface area contributed by atoms with Crippen LogP contribution in [0.25, 0.3) is 11.1 Å². The van der Waals surface area contributed by atoms with Gasteiger partial charge in [-0.25, -0.2) is 13.5 Å². The molecular weight excluding hydrogens is 586 g/mol. The van der Waals surface area contributed by atoms with Gasteiger partial charge in [-0.1, -0.05) is 30.3 Å². The van der Waals surface area contributed by atoms with E-state index in [0.717, 1.165) is 66.4 Å². The van der Waals surface area contributed by atoms with Gasteiger partial charge in [0.15, 0.2) is 5.60 Å². The Hall–Kier alpha value is -5.15. The van der Waals surface area contributed by atoms with Crippen LogP contribution in [0.2, 0.25) is 0 Å². The van der Waals surface area contributed by atoms with E-state index in [0.29, 0.717) is 23.1 Å². The summed E-state index contributed by atoms with van der Waals surface area (Å²) in [7, 11) is 0. The van der Waals surface area contributed by atoms with Crippen LogP contribution in [0, 0.1) is 23.0 Å². The van der Waals surface area contributed by atoms with Crippen molar-refractivity contribution in [2.45, 2.75) is 36.8 Å². The second-order valence-electron chi connectivity index (χ2n) is 11.0. The van der Waals surface area contributed by atoms with Crippen LogP contribution >= 0.6 is 0 Å². The van der Waals surface area contributed by atoms with Crippen LogP contribution in [0.4, 0.5) is 23.2 Å². The van der Waals surface area contributed by atoms with Crippen LogP contribution < -0.4 is 4.90 Å². The summed E-state index contributed by atoms with van der Waals surface area (Å²) in [6.45, 7) is 0.820. The lowest BCUT2D eigenvalue weighted by Gasteiger charge is -2.35. The average Bonchev–Trinajstić information content (AvgIpc) is 3.58. The molecular formula is C33H27F4N7O. The molecule has 0 aliphatic carbocycles. The number of alkyl halides is 2. The predicted molar refractivity (Wildman–Crippen MR) is 157 cm³/mol. The normalized spacial score (nSPS) is 15.4. The Kier molecular flexibility index (Phi) is 8.03. The van der Waals surface area contributed by atoms with Gasteiger partial charge in [0, 0.05) is 42.2 Å². The molecule has 0 spiro atoms. The monoisotopic (exact) mass is 613 g/mol. The molecule has 0 amide bonds. The fraction of sp³-hybridized carbons (Fsp3) is 0.242. The number of piperidine rings is 1. The van der Waals surface area contributed by atoms with Crippen molar-refractivity contribution in [3.63, 3.8) is 0 Å². The van der Waals surface area contributed by atoms with Crippen LogP contribution in [-0.4, -0.2) is 43.4 Å². The predicted octanol–water partition coefficient (Wildman–Crippen LogP) is 5.95. The van der Waals surface area contributed by atoms with Gasteiger partial charge < -0.3 is 10.0 Å². The molecule has 3 aromatic carbocycles. The van der Waals surface area contributed by atoms with E-state index in [1.54, 1.807) is 0 Å². The van der Waals surface area contributed by atoms with Gasteiger partial charge in [0.1, 0.15) is 23.7 Å². The summed E-state index contributed by atoms with van der Waals surface area (Å²) in [4.78, 5) is 6.26. The third-order valence-electron chi connectivity index (χ3n) is 8.34. The molecule has 1 N–H and O–H groups in total. The van der Waals surface area contributed by atoms with E-state index in [4.69, 9.17) is 5.26 Å². The lowest BCUT2D eigenvalue weighted by Crippen LogP contribution is -2.48. The molecule has 1 saturated heterocycles. The maximum absolute atomic E-state index is 16.1. The zero-order valence-corrected chi connectivity index (χ0v) is 23.9. The number of nitrogens with zero attached hydrogens (tertiary/aromatic N) is 7. The topological polar surface area (TPSA) is 104 Å². The van der Waals surface area contributed by atoms with E-state index in [1.807, 2.05) is 48.5 Å². The lowest BCUT2D eigenvalue weighted by atomic mass is 9.84. The molecule has 45 heavy (non-hydrogen) atoms. The van der Waals surface area contributed by atoms with Gasteiger partial charge in [0.05, 0.1) is 18.2 Å². The van der Waals surface area contributed by atoms with Crippen molar-refractivity contribution >= 4 is 5.69 Å². The molecule has 2 aromatic heterocycles. The zero-order chi connectivity index (χ0) is 31.6. The van der Waals surface area contributed by atoms with Gasteiger partial charge in [-0.15, -0.1) is 5.10 Å². The molecule has 1 unspecified atom stereocenters. The Labute approximate surface area is 256 Å². The maximum atomic E-state index is 16.1.